The second-order valence-electron chi connectivity index (χ2n) is 11.2. The lowest BCUT2D eigenvalue weighted by Crippen LogP contribution is -2.58. The predicted molar refractivity (Wildman–Crippen MR) is 167 cm³/mol. The number of hydrogen-bond donors (Lipinski definition) is 1. The van der Waals surface area contributed by atoms with Crippen molar-refractivity contribution in [1.82, 2.24) is 9.13 Å². The second-order valence-corrected chi connectivity index (χ2v) is 11.6. The average molecular weight is 654 g/mol. The van der Waals surface area contributed by atoms with Crippen molar-refractivity contribution < 1.29 is 38.0 Å². The van der Waals surface area contributed by atoms with E-state index in [2.05, 4.69) is 5.32 Å². The molecule has 3 heterocycles. The summed E-state index contributed by atoms with van der Waals surface area (Å²) >= 11 is 6.64. The fourth-order valence-corrected chi connectivity index (χ4v) is 7.12. The first-order valence-electron chi connectivity index (χ1n) is 14.2. The molecule has 0 radical (unpaired) electrons. The molecule has 0 saturated heterocycles. The van der Waals surface area contributed by atoms with Gasteiger partial charge in [0.25, 0.3) is 5.56 Å². The number of halogens is 1. The van der Waals surface area contributed by atoms with E-state index in [1.165, 1.54) is 60.3 Å². The van der Waals surface area contributed by atoms with Crippen LogP contribution < -0.4 is 45.0 Å². The Bertz CT molecular complexity index is 2010. The van der Waals surface area contributed by atoms with Gasteiger partial charge in [0.2, 0.25) is 22.9 Å². The van der Waals surface area contributed by atoms with Gasteiger partial charge in [0.1, 0.15) is 27.9 Å². The second kappa shape index (κ2) is 10.9. The lowest BCUT2D eigenvalue weighted by molar-refractivity contribution is -0.130. The standard InChI is InChI=1S/C32H32ClN3O10/c1-13-11-15-20(27(37)32(13)28(38)21-17(42-5)12-18(43-6)23(33)26(21)46-32)19(14-9-10-16(41-4)25(45-8)24(14)44-7)22-29(34-15)35(2)31(40)36(3)30(22)39/h9-10,12-13,19,34H,11H2,1-8H3/t13-,19-,32+/m1/s1. The number of benzene rings is 2. The number of carbonyl (C=O) groups is 2. The van der Waals surface area contributed by atoms with E-state index >= 15 is 4.79 Å². The van der Waals surface area contributed by atoms with Crippen LogP contribution in [0.5, 0.6) is 34.5 Å². The van der Waals surface area contributed by atoms with Crippen LogP contribution in [0, 0.1) is 5.92 Å². The lowest BCUT2D eigenvalue weighted by Gasteiger charge is -2.42. The molecule has 6 rings (SSSR count). The topological polar surface area (TPSA) is 146 Å². The van der Waals surface area contributed by atoms with Crippen molar-refractivity contribution in [3.63, 3.8) is 0 Å². The molecule has 0 bridgehead atoms. The summed E-state index contributed by atoms with van der Waals surface area (Å²) < 4.78 is 36.5. The predicted octanol–water partition coefficient (Wildman–Crippen LogP) is 3.21. The third-order valence-electron chi connectivity index (χ3n) is 9.12. The molecule has 1 spiro atoms. The van der Waals surface area contributed by atoms with E-state index in [0.29, 0.717) is 17.0 Å². The molecule has 3 aliphatic rings. The van der Waals surface area contributed by atoms with Crippen molar-refractivity contribution in [3.05, 3.63) is 72.0 Å². The normalized spacial score (nSPS) is 21.2. The van der Waals surface area contributed by atoms with E-state index in [9.17, 15) is 14.4 Å². The van der Waals surface area contributed by atoms with E-state index < -0.39 is 40.3 Å². The molecule has 0 saturated carbocycles. The van der Waals surface area contributed by atoms with Crippen LogP contribution in [0.2, 0.25) is 5.02 Å². The van der Waals surface area contributed by atoms with E-state index in [0.717, 1.165) is 4.57 Å². The minimum atomic E-state index is -2.06. The summed E-state index contributed by atoms with van der Waals surface area (Å²) in [5, 5.41) is 3.21. The average Bonchev–Trinajstić information content (AvgIpc) is 3.38. The monoisotopic (exact) mass is 653 g/mol. The van der Waals surface area contributed by atoms with Gasteiger partial charge in [-0.15, -0.1) is 0 Å². The molecule has 2 aromatic carbocycles. The molecule has 1 aromatic heterocycles. The molecule has 3 atom stereocenters. The number of ketones is 2. The number of methoxy groups -OCH3 is 5. The van der Waals surface area contributed by atoms with Crippen LogP contribution >= 0.6 is 11.6 Å². The van der Waals surface area contributed by atoms with Gasteiger partial charge in [-0.3, -0.25) is 23.5 Å². The Morgan fingerprint density at radius 3 is 2.13 bits per heavy atom. The minimum Gasteiger partial charge on any atom is -0.496 e. The van der Waals surface area contributed by atoms with E-state index in [1.807, 2.05) is 0 Å². The summed E-state index contributed by atoms with van der Waals surface area (Å²) in [7, 11) is 10.00. The van der Waals surface area contributed by atoms with Crippen molar-refractivity contribution in [2.75, 3.05) is 40.9 Å². The van der Waals surface area contributed by atoms with Crippen molar-refractivity contribution in [2.24, 2.45) is 20.0 Å². The summed E-state index contributed by atoms with van der Waals surface area (Å²) in [5.74, 6) is -1.90. The number of aromatic nitrogens is 2. The summed E-state index contributed by atoms with van der Waals surface area (Å²) in [6.07, 6.45) is 0.132. The maximum atomic E-state index is 15.1. The largest absolute Gasteiger partial charge is 0.496 e. The van der Waals surface area contributed by atoms with E-state index in [-0.39, 0.29) is 62.7 Å². The molecule has 1 N–H and O–H groups in total. The molecule has 2 aliphatic heterocycles. The summed E-state index contributed by atoms with van der Waals surface area (Å²) in [6.45, 7) is 1.72. The minimum absolute atomic E-state index is 0.0115. The van der Waals surface area contributed by atoms with Crippen LogP contribution in [0.25, 0.3) is 0 Å². The Kier molecular flexibility index (Phi) is 7.34. The van der Waals surface area contributed by atoms with Crippen LogP contribution in [-0.4, -0.2) is 61.9 Å². The molecule has 1 aliphatic carbocycles. The van der Waals surface area contributed by atoms with Gasteiger partial charge >= 0.3 is 5.69 Å². The highest BCUT2D eigenvalue weighted by Crippen LogP contribution is 2.57. The highest BCUT2D eigenvalue weighted by molar-refractivity contribution is 6.36. The number of Topliss-reactive ketones (excluding diaryl/α,β-unsaturated/α-hetero) is 2. The molecule has 14 heteroatoms. The first-order valence-corrected chi connectivity index (χ1v) is 14.6. The van der Waals surface area contributed by atoms with Gasteiger partial charge in [-0.2, -0.15) is 0 Å². The maximum absolute atomic E-state index is 15.1. The Hall–Kier alpha value is -4.91. The van der Waals surface area contributed by atoms with Gasteiger partial charge < -0.3 is 33.7 Å². The Labute approximate surface area is 268 Å². The summed E-state index contributed by atoms with van der Waals surface area (Å²) in [6, 6.07) is 4.74. The van der Waals surface area contributed by atoms with Crippen LogP contribution in [0.3, 0.4) is 0 Å². The van der Waals surface area contributed by atoms with Crippen molar-refractivity contribution in [1.29, 1.82) is 0 Å². The van der Waals surface area contributed by atoms with Gasteiger partial charge in [-0.25, -0.2) is 4.79 Å². The first kappa shape index (κ1) is 31.1. The molecule has 0 fully saturated rings. The van der Waals surface area contributed by atoms with Crippen molar-refractivity contribution >= 4 is 29.0 Å². The fraction of sp³-hybridized carbons (Fsp3) is 0.375. The van der Waals surface area contributed by atoms with Gasteiger partial charge in [-0.1, -0.05) is 24.6 Å². The molecular formula is C32H32ClN3O10. The number of hydrogen-bond acceptors (Lipinski definition) is 11. The molecule has 0 unspecified atom stereocenters. The molecule has 13 nitrogen and oxygen atoms in total. The highest BCUT2D eigenvalue weighted by atomic mass is 35.5. The maximum Gasteiger partial charge on any atom is 0.332 e. The number of ether oxygens (including phenoxy) is 6. The SMILES string of the molecule is COc1cc(OC)c2c(c1Cl)O[C@@]1(C(=O)C3=C(C[C@H]1C)Nc1c(c(=O)n(C)c(=O)n1C)[C@@H]3c1ccc(OC)c(OC)c1OC)C2=O. The molecule has 46 heavy (non-hydrogen) atoms. The zero-order valence-corrected chi connectivity index (χ0v) is 27.2. The number of carbonyl (C=O) groups excluding carboxylic acids is 2. The smallest absolute Gasteiger partial charge is 0.332 e. The van der Waals surface area contributed by atoms with Gasteiger partial charge in [0, 0.05) is 42.9 Å². The zero-order valence-electron chi connectivity index (χ0n) is 26.4. The third kappa shape index (κ3) is 3.87. The van der Waals surface area contributed by atoms with Crippen LogP contribution in [0.4, 0.5) is 5.82 Å². The summed E-state index contributed by atoms with van der Waals surface area (Å²) in [5.41, 5.74) is -2.28. The van der Waals surface area contributed by atoms with Crippen LogP contribution in [-0.2, 0) is 18.9 Å². The zero-order chi connectivity index (χ0) is 33.4. The fourth-order valence-electron chi connectivity index (χ4n) is 6.85. The number of nitrogens with zero attached hydrogens (tertiary/aromatic N) is 2. The van der Waals surface area contributed by atoms with Gasteiger partial charge in [0.05, 0.1) is 47.0 Å². The molecule has 3 aromatic rings. The molecular weight excluding hydrogens is 622 g/mol. The van der Waals surface area contributed by atoms with Gasteiger partial charge in [-0.05, 0) is 12.5 Å². The van der Waals surface area contributed by atoms with Crippen molar-refractivity contribution in [2.45, 2.75) is 24.9 Å². The lowest BCUT2D eigenvalue weighted by atomic mass is 9.65. The van der Waals surface area contributed by atoms with Crippen molar-refractivity contribution in [3.8, 4) is 34.5 Å². The molecule has 0 amide bonds. The quantitative estimate of drug-likeness (QED) is 0.392. The Morgan fingerprint density at radius 2 is 1.52 bits per heavy atom. The molecule has 242 valence electrons. The number of rotatable bonds is 6. The first-order chi connectivity index (χ1) is 21.9. The Morgan fingerprint density at radius 1 is 0.870 bits per heavy atom. The number of fused-ring (bicyclic) bond motifs is 2. The van der Waals surface area contributed by atoms with Gasteiger partial charge in [0.15, 0.2) is 17.2 Å². The number of allylic oxidation sites excluding steroid dienone is 1. The third-order valence-corrected chi connectivity index (χ3v) is 9.48. The summed E-state index contributed by atoms with van der Waals surface area (Å²) in [4.78, 5) is 56.6. The van der Waals surface area contributed by atoms with E-state index in [4.69, 9.17) is 40.0 Å². The van der Waals surface area contributed by atoms with E-state index in [1.54, 1.807) is 19.1 Å². The number of nitrogens with one attached hydrogen (secondary N) is 1. The highest BCUT2D eigenvalue weighted by Gasteiger charge is 2.64. The van der Waals surface area contributed by atoms with Crippen LogP contribution in [0.15, 0.2) is 39.1 Å². The number of anilines is 1. The Balaban J connectivity index is 1.67. The van der Waals surface area contributed by atoms with Crippen LogP contribution in [0.1, 0.15) is 40.7 Å².